The average molecular weight is 664 g/mol. The third kappa shape index (κ3) is 8.15. The van der Waals surface area contributed by atoms with Crippen LogP contribution in [0.1, 0.15) is 37.6 Å². The van der Waals surface area contributed by atoms with Crippen LogP contribution in [0.15, 0.2) is 81.4 Å². The number of halogens is 1. The number of carbonyl (C=O) groups excluding carboxylic acids is 1. The van der Waals surface area contributed by atoms with Gasteiger partial charge >= 0.3 is 19.4 Å². The summed E-state index contributed by atoms with van der Waals surface area (Å²) in [6, 6.07) is 17.3. The van der Waals surface area contributed by atoms with Crippen LogP contribution in [0, 0.1) is 0 Å². The van der Waals surface area contributed by atoms with Gasteiger partial charge in [0, 0.05) is 12.6 Å². The zero-order valence-corrected chi connectivity index (χ0v) is 25.3. The van der Waals surface area contributed by atoms with E-state index in [2.05, 4.69) is 26.0 Å². The summed E-state index contributed by atoms with van der Waals surface area (Å²) in [4.78, 5) is 41.1. The molecule has 1 aromatic heterocycles. The van der Waals surface area contributed by atoms with Crippen LogP contribution < -0.4 is 20.9 Å². The fourth-order valence-corrected chi connectivity index (χ4v) is 6.07. The molecule has 42 heavy (non-hydrogen) atoms. The SMILES string of the molecule is CC(C)(NP(=O)(OC[C@H]1O[C@@H](n2cc(C=CBr)c(=O)[nH]c2=O)CC1O)Oc1ccccc1)C(=O)OCc1ccccc1. The number of aromatic amines is 1. The van der Waals surface area contributed by atoms with E-state index in [4.69, 9.17) is 18.5 Å². The molecule has 1 saturated heterocycles. The molecule has 12 nitrogen and oxygen atoms in total. The Bertz CT molecular complexity index is 1560. The first-order valence-electron chi connectivity index (χ1n) is 13.0. The molecule has 4 atom stereocenters. The molecule has 1 aliphatic rings. The highest BCUT2D eigenvalue weighted by molar-refractivity contribution is 9.11. The van der Waals surface area contributed by atoms with Gasteiger partial charge in [0.1, 0.15) is 30.2 Å². The van der Waals surface area contributed by atoms with Crippen molar-refractivity contribution in [2.24, 2.45) is 0 Å². The van der Waals surface area contributed by atoms with Crippen LogP contribution in [0.5, 0.6) is 5.75 Å². The Morgan fingerprint density at radius 1 is 1.19 bits per heavy atom. The Kier molecular flexibility index (Phi) is 10.4. The number of aromatic nitrogens is 2. The Hall–Kier alpha value is -3.32. The molecule has 224 valence electrons. The van der Waals surface area contributed by atoms with E-state index in [9.17, 15) is 24.1 Å². The van der Waals surface area contributed by atoms with Gasteiger partial charge in [-0.1, -0.05) is 64.5 Å². The lowest BCUT2D eigenvalue weighted by molar-refractivity contribution is -0.151. The highest BCUT2D eigenvalue weighted by Gasteiger charge is 2.43. The van der Waals surface area contributed by atoms with Gasteiger partial charge in [0.25, 0.3) is 5.56 Å². The summed E-state index contributed by atoms with van der Waals surface area (Å²) in [5, 5.41) is 13.4. The quantitative estimate of drug-likeness (QED) is 0.192. The molecule has 0 spiro atoms. The van der Waals surface area contributed by atoms with Crippen molar-refractivity contribution >= 4 is 35.7 Å². The topological polar surface area (TPSA) is 158 Å². The minimum Gasteiger partial charge on any atom is -0.459 e. The lowest BCUT2D eigenvalue weighted by atomic mass is 10.1. The van der Waals surface area contributed by atoms with E-state index >= 15 is 0 Å². The second-order valence-corrected chi connectivity index (χ2v) is 12.2. The summed E-state index contributed by atoms with van der Waals surface area (Å²) in [6.45, 7) is 2.54. The molecule has 1 fully saturated rings. The standard InChI is InChI=1S/C28H31BrN3O9P/c1-28(2,26(35)38-17-19-9-5-3-6-10-19)31-42(37,41-21-11-7-4-8-12-21)39-18-23-22(33)15-24(40-23)32-16-20(13-14-29)25(34)30-27(32)36/h3-14,16,22-24,33H,15,17-18H2,1-2H3,(H,31,37)(H,30,34,36)/t22?,23-,24-,42?/m1/s1. The third-order valence-corrected chi connectivity index (χ3v) is 8.31. The zero-order chi connectivity index (χ0) is 30.3. The lowest BCUT2D eigenvalue weighted by Gasteiger charge is -2.30. The molecule has 0 saturated carbocycles. The summed E-state index contributed by atoms with van der Waals surface area (Å²) in [7, 11) is -4.29. The normalized spacial score (nSPS) is 20.3. The summed E-state index contributed by atoms with van der Waals surface area (Å²) < 4.78 is 37.8. The van der Waals surface area contributed by atoms with E-state index in [1.54, 1.807) is 42.5 Å². The van der Waals surface area contributed by atoms with Crippen LogP contribution in [0.3, 0.4) is 0 Å². The molecule has 1 aliphatic heterocycles. The van der Waals surface area contributed by atoms with Crippen LogP contribution in [-0.2, 0) is 30.0 Å². The predicted octanol–water partition coefficient (Wildman–Crippen LogP) is 3.87. The van der Waals surface area contributed by atoms with Crippen molar-refractivity contribution < 1.29 is 33.0 Å². The molecule has 4 rings (SSSR count). The molecule has 14 heteroatoms. The molecule has 3 N–H and O–H groups in total. The van der Waals surface area contributed by atoms with E-state index < -0.39 is 55.5 Å². The highest BCUT2D eigenvalue weighted by atomic mass is 79.9. The van der Waals surface area contributed by atoms with Crippen molar-refractivity contribution in [1.82, 2.24) is 14.6 Å². The molecule has 0 amide bonds. The van der Waals surface area contributed by atoms with Gasteiger partial charge in [-0.3, -0.25) is 23.7 Å². The number of benzene rings is 2. The summed E-state index contributed by atoms with van der Waals surface area (Å²) in [6.07, 6.45) is -0.312. The van der Waals surface area contributed by atoms with Crippen LogP contribution >= 0.6 is 23.7 Å². The van der Waals surface area contributed by atoms with E-state index in [0.29, 0.717) is 0 Å². The van der Waals surface area contributed by atoms with Gasteiger partial charge in [0.05, 0.1) is 18.3 Å². The maximum absolute atomic E-state index is 14.0. The molecule has 0 bridgehead atoms. The Balaban J connectivity index is 1.48. The molecule has 0 aliphatic carbocycles. The van der Waals surface area contributed by atoms with E-state index in [-0.39, 0.29) is 24.3 Å². The lowest BCUT2D eigenvalue weighted by Crippen LogP contribution is -2.47. The Morgan fingerprint density at radius 2 is 1.86 bits per heavy atom. The molecule has 2 heterocycles. The minimum absolute atomic E-state index is 0.00792. The first-order chi connectivity index (χ1) is 20.0. The number of H-pyrrole nitrogens is 1. The third-order valence-electron chi connectivity index (χ3n) is 6.27. The number of para-hydroxylation sites is 1. The van der Waals surface area contributed by atoms with Crippen molar-refractivity contribution in [3.63, 3.8) is 0 Å². The molecule has 2 aromatic carbocycles. The number of esters is 1. The van der Waals surface area contributed by atoms with Crippen LogP contribution in [0.2, 0.25) is 0 Å². The number of aliphatic hydroxyl groups excluding tert-OH is 1. The fourth-order valence-electron chi connectivity index (χ4n) is 4.10. The number of ether oxygens (including phenoxy) is 2. The van der Waals surface area contributed by atoms with Crippen LogP contribution in [-0.4, -0.2) is 45.0 Å². The van der Waals surface area contributed by atoms with Gasteiger partial charge in [-0.2, -0.15) is 5.09 Å². The first kappa shape index (κ1) is 31.6. The number of aliphatic hydroxyl groups is 1. The second kappa shape index (κ2) is 13.8. The van der Waals surface area contributed by atoms with Gasteiger partial charge in [0.2, 0.25) is 0 Å². The number of carbonyl (C=O) groups is 1. The minimum atomic E-state index is -4.29. The van der Waals surface area contributed by atoms with Gasteiger partial charge in [-0.05, 0) is 42.6 Å². The van der Waals surface area contributed by atoms with E-state index in [1.165, 1.54) is 31.1 Å². The predicted molar refractivity (Wildman–Crippen MR) is 158 cm³/mol. The number of rotatable bonds is 12. The second-order valence-electron chi connectivity index (χ2n) is 9.97. The van der Waals surface area contributed by atoms with Gasteiger partial charge in [0.15, 0.2) is 0 Å². The summed E-state index contributed by atoms with van der Waals surface area (Å²) >= 11 is 3.10. The zero-order valence-electron chi connectivity index (χ0n) is 22.8. The molecule has 2 unspecified atom stereocenters. The largest absolute Gasteiger partial charge is 0.459 e. The maximum atomic E-state index is 14.0. The first-order valence-corrected chi connectivity index (χ1v) is 15.4. The summed E-state index contributed by atoms with van der Waals surface area (Å²) in [5.74, 6) is -0.491. The van der Waals surface area contributed by atoms with Gasteiger partial charge in [-0.25, -0.2) is 9.36 Å². The van der Waals surface area contributed by atoms with E-state index in [1.807, 2.05) is 18.2 Å². The van der Waals surface area contributed by atoms with Crippen LogP contribution in [0.25, 0.3) is 6.08 Å². The molecule has 3 aromatic rings. The molecular weight excluding hydrogens is 633 g/mol. The van der Waals surface area contributed by atoms with Crippen molar-refractivity contribution in [1.29, 1.82) is 0 Å². The number of hydrogen-bond acceptors (Lipinski definition) is 9. The van der Waals surface area contributed by atoms with Gasteiger partial charge in [-0.15, -0.1) is 0 Å². The van der Waals surface area contributed by atoms with Crippen molar-refractivity contribution in [2.75, 3.05) is 6.61 Å². The monoisotopic (exact) mass is 663 g/mol. The number of hydrogen-bond donors (Lipinski definition) is 3. The molecular formula is C28H31BrN3O9P. The smallest absolute Gasteiger partial charge is 0.459 e. The summed E-state index contributed by atoms with van der Waals surface area (Å²) in [5.41, 5.74) is -1.85. The number of nitrogens with one attached hydrogen (secondary N) is 2. The maximum Gasteiger partial charge on any atom is 0.459 e. The van der Waals surface area contributed by atoms with Crippen molar-refractivity contribution in [3.05, 3.63) is 104 Å². The molecule has 0 radical (unpaired) electrons. The Labute approximate surface area is 250 Å². The van der Waals surface area contributed by atoms with Gasteiger partial charge < -0.3 is 19.1 Å². The fraction of sp³-hybridized carbons (Fsp3) is 0.321. The van der Waals surface area contributed by atoms with Crippen molar-refractivity contribution in [2.45, 2.75) is 50.8 Å². The average Bonchev–Trinajstić information content (AvgIpc) is 3.32. The van der Waals surface area contributed by atoms with Crippen LogP contribution in [0.4, 0.5) is 0 Å². The highest BCUT2D eigenvalue weighted by Crippen LogP contribution is 2.47. The van der Waals surface area contributed by atoms with E-state index in [0.717, 1.165) is 10.1 Å². The van der Waals surface area contributed by atoms with Crippen molar-refractivity contribution in [3.8, 4) is 5.75 Å². The Morgan fingerprint density at radius 3 is 2.52 bits per heavy atom. The number of nitrogens with zero attached hydrogens (tertiary/aromatic N) is 1.